The van der Waals surface area contributed by atoms with Crippen LogP contribution in [-0.4, -0.2) is 65.1 Å². The van der Waals surface area contributed by atoms with Gasteiger partial charge in [-0.3, -0.25) is 4.79 Å². The van der Waals surface area contributed by atoms with E-state index in [9.17, 15) is 9.59 Å². The first-order chi connectivity index (χ1) is 12.6. The fourth-order valence-corrected chi connectivity index (χ4v) is 2.57. The standard InChI is InChI=1S/C16H19N7O3/c1-26-16(25)23-8-6-22(7-9-23)12-10-19-14(17)13(21-12)15(24)20-11-4-2-3-5-18-11/h2-5,10H,6-9H2,1H3,(H2,17,19)(H,18,20,24). The molecule has 26 heavy (non-hydrogen) atoms. The van der Waals surface area contributed by atoms with Gasteiger partial charge in [-0.15, -0.1) is 0 Å². The number of anilines is 3. The molecule has 3 N–H and O–H groups in total. The Bertz CT molecular complexity index is 792. The van der Waals surface area contributed by atoms with Gasteiger partial charge in [0, 0.05) is 32.4 Å². The number of piperazine rings is 1. The lowest BCUT2D eigenvalue weighted by Crippen LogP contribution is -2.49. The van der Waals surface area contributed by atoms with Gasteiger partial charge in [-0.25, -0.2) is 19.7 Å². The van der Waals surface area contributed by atoms with E-state index in [0.717, 1.165) is 0 Å². The molecule has 1 aliphatic rings. The molecular weight excluding hydrogens is 338 g/mol. The minimum atomic E-state index is -0.483. The highest BCUT2D eigenvalue weighted by Gasteiger charge is 2.24. The van der Waals surface area contributed by atoms with Crippen LogP contribution in [0, 0.1) is 0 Å². The van der Waals surface area contributed by atoms with Crippen molar-refractivity contribution in [1.82, 2.24) is 19.9 Å². The minimum Gasteiger partial charge on any atom is -0.453 e. The molecule has 0 bridgehead atoms. The van der Waals surface area contributed by atoms with Crippen LogP contribution in [0.25, 0.3) is 0 Å². The van der Waals surface area contributed by atoms with Crippen molar-refractivity contribution in [3.05, 3.63) is 36.3 Å². The van der Waals surface area contributed by atoms with Crippen LogP contribution in [0.15, 0.2) is 30.6 Å². The molecule has 1 aliphatic heterocycles. The number of carbonyl (C=O) groups excluding carboxylic acids is 2. The van der Waals surface area contributed by atoms with Crippen molar-refractivity contribution in [3.8, 4) is 0 Å². The van der Waals surface area contributed by atoms with Crippen molar-refractivity contribution in [2.45, 2.75) is 0 Å². The van der Waals surface area contributed by atoms with E-state index in [2.05, 4.69) is 20.3 Å². The fraction of sp³-hybridized carbons (Fsp3) is 0.312. The molecule has 0 radical (unpaired) electrons. The number of pyridine rings is 1. The minimum absolute atomic E-state index is 0.0311. The number of carbonyl (C=O) groups is 2. The number of hydrogen-bond donors (Lipinski definition) is 2. The molecule has 3 heterocycles. The second kappa shape index (κ2) is 7.64. The third kappa shape index (κ3) is 3.79. The fourth-order valence-electron chi connectivity index (χ4n) is 2.57. The maximum absolute atomic E-state index is 12.4. The highest BCUT2D eigenvalue weighted by atomic mass is 16.5. The molecule has 0 atom stereocenters. The largest absolute Gasteiger partial charge is 0.453 e. The van der Waals surface area contributed by atoms with E-state index in [-0.39, 0.29) is 17.6 Å². The van der Waals surface area contributed by atoms with Gasteiger partial charge in [0.2, 0.25) is 0 Å². The molecule has 0 aromatic carbocycles. The van der Waals surface area contributed by atoms with Crippen LogP contribution in [0.3, 0.4) is 0 Å². The summed E-state index contributed by atoms with van der Waals surface area (Å²) in [6.45, 7) is 2.09. The number of hydrogen-bond acceptors (Lipinski definition) is 8. The molecule has 1 fully saturated rings. The average molecular weight is 357 g/mol. The Morgan fingerprint density at radius 1 is 1.19 bits per heavy atom. The summed E-state index contributed by atoms with van der Waals surface area (Å²) in [5.74, 6) is 0.477. The van der Waals surface area contributed by atoms with Crippen molar-refractivity contribution in [3.63, 3.8) is 0 Å². The first kappa shape index (κ1) is 17.4. The summed E-state index contributed by atoms with van der Waals surface area (Å²) in [5.41, 5.74) is 5.84. The van der Waals surface area contributed by atoms with Crippen molar-refractivity contribution in [2.24, 2.45) is 0 Å². The highest BCUT2D eigenvalue weighted by Crippen LogP contribution is 2.17. The number of nitrogens with zero attached hydrogens (tertiary/aromatic N) is 5. The molecule has 0 unspecified atom stereocenters. The van der Waals surface area contributed by atoms with Gasteiger partial charge in [0.05, 0.1) is 13.3 Å². The van der Waals surface area contributed by atoms with Crippen LogP contribution in [0.1, 0.15) is 10.5 Å². The summed E-state index contributed by atoms with van der Waals surface area (Å²) < 4.78 is 4.72. The van der Waals surface area contributed by atoms with Gasteiger partial charge in [0.15, 0.2) is 11.5 Å². The second-order valence-electron chi connectivity index (χ2n) is 5.58. The van der Waals surface area contributed by atoms with Crippen LogP contribution in [-0.2, 0) is 4.74 Å². The number of amides is 2. The summed E-state index contributed by atoms with van der Waals surface area (Å²) in [7, 11) is 1.35. The second-order valence-corrected chi connectivity index (χ2v) is 5.58. The Hall–Kier alpha value is -3.43. The third-order valence-corrected chi connectivity index (χ3v) is 3.95. The smallest absolute Gasteiger partial charge is 0.409 e. The number of rotatable bonds is 3. The monoisotopic (exact) mass is 357 g/mol. The van der Waals surface area contributed by atoms with Crippen molar-refractivity contribution in [2.75, 3.05) is 49.2 Å². The van der Waals surface area contributed by atoms with E-state index in [1.807, 2.05) is 4.90 Å². The number of nitrogen functional groups attached to an aromatic ring is 1. The Labute approximate surface area is 150 Å². The summed E-state index contributed by atoms with van der Waals surface area (Å²) in [6, 6.07) is 5.17. The van der Waals surface area contributed by atoms with Gasteiger partial charge in [0.25, 0.3) is 5.91 Å². The molecule has 136 valence electrons. The van der Waals surface area contributed by atoms with Crippen molar-refractivity contribution >= 4 is 29.5 Å². The molecule has 0 spiro atoms. The number of ether oxygens (including phenoxy) is 1. The van der Waals surface area contributed by atoms with Gasteiger partial charge in [0.1, 0.15) is 11.6 Å². The summed E-state index contributed by atoms with van der Waals surface area (Å²) >= 11 is 0. The molecular formula is C16H19N7O3. The summed E-state index contributed by atoms with van der Waals surface area (Å²) in [6.07, 6.45) is 2.73. The lowest BCUT2D eigenvalue weighted by atomic mass is 10.3. The maximum atomic E-state index is 12.4. The Balaban J connectivity index is 1.72. The van der Waals surface area contributed by atoms with Crippen LogP contribution < -0.4 is 16.0 Å². The van der Waals surface area contributed by atoms with Gasteiger partial charge < -0.3 is 25.6 Å². The first-order valence-corrected chi connectivity index (χ1v) is 8.01. The normalized spacial score (nSPS) is 14.0. The van der Waals surface area contributed by atoms with Crippen LogP contribution in [0.2, 0.25) is 0 Å². The molecule has 10 heteroatoms. The number of nitrogens with one attached hydrogen (secondary N) is 1. The molecule has 0 aliphatic carbocycles. The predicted molar refractivity (Wildman–Crippen MR) is 94.8 cm³/mol. The number of nitrogens with two attached hydrogens (primary N) is 1. The van der Waals surface area contributed by atoms with Crippen molar-refractivity contribution in [1.29, 1.82) is 0 Å². The Morgan fingerprint density at radius 2 is 1.96 bits per heavy atom. The maximum Gasteiger partial charge on any atom is 0.409 e. The highest BCUT2D eigenvalue weighted by molar-refractivity contribution is 6.05. The molecule has 0 saturated carbocycles. The average Bonchev–Trinajstić information content (AvgIpc) is 2.68. The topological polar surface area (TPSA) is 127 Å². The molecule has 2 aromatic heterocycles. The molecule has 10 nitrogen and oxygen atoms in total. The number of methoxy groups -OCH3 is 1. The lowest BCUT2D eigenvalue weighted by molar-refractivity contribution is 0.102. The van der Waals surface area contributed by atoms with Gasteiger partial charge in [-0.05, 0) is 12.1 Å². The zero-order valence-corrected chi connectivity index (χ0v) is 14.3. The third-order valence-electron chi connectivity index (χ3n) is 3.95. The van der Waals surface area contributed by atoms with Crippen LogP contribution >= 0.6 is 0 Å². The van der Waals surface area contributed by atoms with Gasteiger partial charge in [-0.1, -0.05) is 6.07 Å². The van der Waals surface area contributed by atoms with E-state index >= 15 is 0 Å². The van der Waals surface area contributed by atoms with E-state index in [1.54, 1.807) is 29.3 Å². The summed E-state index contributed by atoms with van der Waals surface area (Å²) in [4.78, 5) is 40.0. The molecule has 1 saturated heterocycles. The quantitative estimate of drug-likeness (QED) is 0.817. The van der Waals surface area contributed by atoms with E-state index in [1.165, 1.54) is 13.3 Å². The van der Waals surface area contributed by atoms with Crippen molar-refractivity contribution < 1.29 is 14.3 Å². The zero-order valence-electron chi connectivity index (χ0n) is 14.3. The Morgan fingerprint density at radius 3 is 2.62 bits per heavy atom. The first-order valence-electron chi connectivity index (χ1n) is 8.01. The number of aromatic nitrogens is 3. The van der Waals surface area contributed by atoms with Crippen LogP contribution in [0.4, 0.5) is 22.2 Å². The zero-order chi connectivity index (χ0) is 18.5. The van der Waals surface area contributed by atoms with Gasteiger partial charge in [-0.2, -0.15) is 0 Å². The SMILES string of the molecule is COC(=O)N1CCN(c2cnc(N)c(C(=O)Nc3ccccn3)n2)CC1. The Kier molecular flexibility index (Phi) is 5.11. The summed E-state index contributed by atoms with van der Waals surface area (Å²) in [5, 5.41) is 2.64. The van der Waals surface area contributed by atoms with E-state index in [0.29, 0.717) is 37.8 Å². The van der Waals surface area contributed by atoms with E-state index < -0.39 is 5.91 Å². The molecule has 2 amide bonds. The molecule has 3 rings (SSSR count). The van der Waals surface area contributed by atoms with Gasteiger partial charge >= 0.3 is 6.09 Å². The molecule has 2 aromatic rings. The van der Waals surface area contributed by atoms with E-state index in [4.69, 9.17) is 10.5 Å². The lowest BCUT2D eigenvalue weighted by Gasteiger charge is -2.34. The predicted octanol–water partition coefficient (Wildman–Crippen LogP) is 0.594. The van der Waals surface area contributed by atoms with Crippen LogP contribution in [0.5, 0.6) is 0 Å².